The number of non-ortho nitro benzene ring substituents is 1. The van der Waals surface area contributed by atoms with E-state index < -0.39 is 4.92 Å². The summed E-state index contributed by atoms with van der Waals surface area (Å²) < 4.78 is 1.89. The molecule has 0 amide bonds. The summed E-state index contributed by atoms with van der Waals surface area (Å²) in [6, 6.07) is 6.31. The number of aryl methyl sites for hydroxylation is 1. The van der Waals surface area contributed by atoms with E-state index in [1.165, 1.54) is 12.1 Å². The zero-order valence-corrected chi connectivity index (χ0v) is 10.6. The fraction of sp³-hybridized carbons (Fsp3) is 0.333. The molecule has 0 spiro atoms. The highest BCUT2D eigenvalue weighted by Gasteiger charge is 2.08. The Morgan fingerprint density at radius 1 is 1.47 bits per heavy atom. The maximum atomic E-state index is 10.7. The highest BCUT2D eigenvalue weighted by molar-refractivity contribution is 5.57. The van der Waals surface area contributed by atoms with Crippen LogP contribution in [0.2, 0.25) is 0 Å². The number of anilines is 2. The van der Waals surface area contributed by atoms with Crippen LogP contribution in [0.5, 0.6) is 0 Å². The van der Waals surface area contributed by atoms with Crippen molar-refractivity contribution in [1.82, 2.24) is 14.8 Å². The average molecular weight is 261 g/mol. The van der Waals surface area contributed by atoms with E-state index in [0.717, 1.165) is 19.4 Å². The van der Waals surface area contributed by atoms with Gasteiger partial charge in [0.15, 0.2) is 0 Å². The molecule has 0 bridgehead atoms. The molecule has 1 aromatic carbocycles. The van der Waals surface area contributed by atoms with E-state index in [1.54, 1.807) is 18.5 Å². The lowest BCUT2D eigenvalue weighted by atomic mass is 10.3. The van der Waals surface area contributed by atoms with Crippen LogP contribution in [-0.2, 0) is 6.54 Å². The van der Waals surface area contributed by atoms with Gasteiger partial charge in [0.25, 0.3) is 5.69 Å². The van der Waals surface area contributed by atoms with Crippen LogP contribution < -0.4 is 5.32 Å². The largest absolute Gasteiger partial charge is 0.324 e. The van der Waals surface area contributed by atoms with Gasteiger partial charge in [0.2, 0.25) is 5.95 Å². The van der Waals surface area contributed by atoms with Crippen LogP contribution in [0.15, 0.2) is 30.6 Å². The molecule has 2 rings (SSSR count). The van der Waals surface area contributed by atoms with E-state index in [9.17, 15) is 10.1 Å². The number of nitrogens with one attached hydrogen (secondary N) is 1. The van der Waals surface area contributed by atoms with Gasteiger partial charge < -0.3 is 5.32 Å². The van der Waals surface area contributed by atoms with Gasteiger partial charge in [0.05, 0.1) is 4.92 Å². The molecule has 0 saturated carbocycles. The molecule has 19 heavy (non-hydrogen) atoms. The fourth-order valence-corrected chi connectivity index (χ4v) is 1.67. The summed E-state index contributed by atoms with van der Waals surface area (Å²) in [7, 11) is 0. The molecule has 0 atom stereocenters. The molecular weight excluding hydrogens is 246 g/mol. The van der Waals surface area contributed by atoms with Crippen LogP contribution in [0.3, 0.4) is 0 Å². The number of rotatable bonds is 6. The highest BCUT2D eigenvalue weighted by Crippen LogP contribution is 2.20. The maximum Gasteiger partial charge on any atom is 0.271 e. The lowest BCUT2D eigenvalue weighted by molar-refractivity contribution is -0.384. The summed E-state index contributed by atoms with van der Waals surface area (Å²) in [4.78, 5) is 10.3. The van der Waals surface area contributed by atoms with Gasteiger partial charge in [0.1, 0.15) is 6.33 Å². The number of nitrogens with zero attached hydrogens (tertiary/aromatic N) is 4. The zero-order valence-electron chi connectivity index (χ0n) is 10.6. The highest BCUT2D eigenvalue weighted by atomic mass is 16.6. The Morgan fingerprint density at radius 3 is 3.05 bits per heavy atom. The first kappa shape index (κ1) is 13.0. The Labute approximate surface area is 110 Å². The molecule has 1 heterocycles. The molecule has 0 radical (unpaired) electrons. The number of hydrogen-bond donors (Lipinski definition) is 1. The molecule has 7 heteroatoms. The zero-order chi connectivity index (χ0) is 13.7. The number of benzene rings is 1. The molecule has 100 valence electrons. The quantitative estimate of drug-likeness (QED) is 0.638. The van der Waals surface area contributed by atoms with E-state index in [0.29, 0.717) is 11.6 Å². The van der Waals surface area contributed by atoms with Crippen molar-refractivity contribution in [3.05, 3.63) is 40.7 Å². The summed E-state index contributed by atoms with van der Waals surface area (Å²) in [5.41, 5.74) is 0.671. The minimum Gasteiger partial charge on any atom is -0.324 e. The normalized spacial score (nSPS) is 10.4. The molecule has 1 N–H and O–H groups in total. The Bertz CT molecular complexity index is 567. The van der Waals surface area contributed by atoms with E-state index in [2.05, 4.69) is 22.4 Å². The summed E-state index contributed by atoms with van der Waals surface area (Å²) in [6.45, 7) is 2.93. The van der Waals surface area contributed by atoms with Crippen LogP contribution >= 0.6 is 0 Å². The molecule has 7 nitrogen and oxygen atoms in total. The van der Waals surface area contributed by atoms with Crippen molar-refractivity contribution >= 4 is 17.3 Å². The van der Waals surface area contributed by atoms with Gasteiger partial charge in [-0.15, -0.1) is 10.2 Å². The van der Waals surface area contributed by atoms with Gasteiger partial charge in [-0.3, -0.25) is 14.7 Å². The maximum absolute atomic E-state index is 10.7. The van der Waals surface area contributed by atoms with Gasteiger partial charge in [-0.25, -0.2) is 0 Å². The molecule has 0 aliphatic rings. The third-order valence-electron chi connectivity index (χ3n) is 2.68. The minimum absolute atomic E-state index is 0.0459. The summed E-state index contributed by atoms with van der Waals surface area (Å²) in [5.74, 6) is 0.592. The molecule has 0 unspecified atom stereocenters. The number of hydrogen-bond acceptors (Lipinski definition) is 5. The van der Waals surface area contributed by atoms with E-state index in [-0.39, 0.29) is 5.69 Å². The lowest BCUT2D eigenvalue weighted by Gasteiger charge is -2.07. The Hall–Kier alpha value is -2.44. The third kappa shape index (κ3) is 3.27. The Kier molecular flexibility index (Phi) is 4.07. The predicted molar refractivity (Wildman–Crippen MR) is 71.3 cm³/mol. The molecule has 0 aliphatic carbocycles. The predicted octanol–water partition coefficient (Wildman–Crippen LogP) is 2.73. The fourth-order valence-electron chi connectivity index (χ4n) is 1.67. The van der Waals surface area contributed by atoms with Gasteiger partial charge >= 0.3 is 0 Å². The van der Waals surface area contributed by atoms with Gasteiger partial charge in [0, 0.05) is 24.4 Å². The summed E-state index contributed by atoms with van der Waals surface area (Å²) >= 11 is 0. The molecule has 0 fully saturated rings. The molecule has 1 aromatic heterocycles. The average Bonchev–Trinajstić information content (AvgIpc) is 2.84. The Balaban J connectivity index is 2.14. The monoisotopic (exact) mass is 261 g/mol. The molecular formula is C12H15N5O2. The van der Waals surface area contributed by atoms with Crippen molar-refractivity contribution in [2.45, 2.75) is 26.3 Å². The second-order valence-corrected chi connectivity index (χ2v) is 4.13. The second-order valence-electron chi connectivity index (χ2n) is 4.13. The van der Waals surface area contributed by atoms with E-state index in [4.69, 9.17) is 0 Å². The van der Waals surface area contributed by atoms with Crippen molar-refractivity contribution in [1.29, 1.82) is 0 Å². The van der Waals surface area contributed by atoms with Gasteiger partial charge in [-0.2, -0.15) is 0 Å². The number of nitro benzene ring substituents is 1. The number of nitro groups is 1. The van der Waals surface area contributed by atoms with Crippen molar-refractivity contribution in [3.63, 3.8) is 0 Å². The molecule has 0 aliphatic heterocycles. The van der Waals surface area contributed by atoms with Crippen LogP contribution in [0, 0.1) is 10.1 Å². The summed E-state index contributed by atoms with van der Waals surface area (Å²) in [5, 5.41) is 21.6. The van der Waals surface area contributed by atoms with Crippen LogP contribution in [0.1, 0.15) is 19.8 Å². The first-order valence-corrected chi connectivity index (χ1v) is 6.10. The van der Waals surface area contributed by atoms with Crippen molar-refractivity contribution in [2.24, 2.45) is 0 Å². The number of unbranched alkanes of at least 4 members (excludes halogenated alkanes) is 1. The smallest absolute Gasteiger partial charge is 0.271 e. The topological polar surface area (TPSA) is 85.9 Å². The first-order valence-electron chi connectivity index (χ1n) is 6.10. The molecule has 2 aromatic rings. The first-order chi connectivity index (χ1) is 9.20. The summed E-state index contributed by atoms with van der Waals surface area (Å²) in [6.07, 6.45) is 3.76. The standard InChI is InChI=1S/C12H15N5O2/c1-2-3-7-16-9-13-15-12(16)14-10-5-4-6-11(8-10)17(18)19/h4-6,8-9H,2-3,7H2,1H3,(H,14,15). The van der Waals surface area contributed by atoms with Gasteiger partial charge in [-0.05, 0) is 12.5 Å². The second kappa shape index (κ2) is 5.94. The Morgan fingerprint density at radius 2 is 2.32 bits per heavy atom. The molecule has 0 saturated heterocycles. The van der Waals surface area contributed by atoms with Gasteiger partial charge in [-0.1, -0.05) is 19.4 Å². The van der Waals surface area contributed by atoms with Crippen molar-refractivity contribution in [2.75, 3.05) is 5.32 Å². The van der Waals surface area contributed by atoms with Crippen LogP contribution in [0.4, 0.5) is 17.3 Å². The minimum atomic E-state index is -0.424. The van der Waals surface area contributed by atoms with Crippen molar-refractivity contribution < 1.29 is 4.92 Å². The lowest BCUT2D eigenvalue weighted by Crippen LogP contribution is -2.03. The van der Waals surface area contributed by atoms with Crippen molar-refractivity contribution in [3.8, 4) is 0 Å². The van der Waals surface area contributed by atoms with Crippen LogP contribution in [0.25, 0.3) is 0 Å². The van der Waals surface area contributed by atoms with Crippen LogP contribution in [-0.4, -0.2) is 19.7 Å². The third-order valence-corrected chi connectivity index (χ3v) is 2.68. The van der Waals surface area contributed by atoms with E-state index >= 15 is 0 Å². The van der Waals surface area contributed by atoms with E-state index in [1.807, 2.05) is 4.57 Å². The SMILES string of the molecule is CCCCn1cnnc1Nc1cccc([N+](=O)[O-])c1. The number of aromatic nitrogens is 3.